The Morgan fingerprint density at radius 1 is 1.16 bits per heavy atom. The Balaban J connectivity index is 1.51. The lowest BCUT2D eigenvalue weighted by Gasteiger charge is -2.32. The molecule has 4 nitrogen and oxygen atoms in total. The number of thiophene rings is 1. The molecule has 1 aromatic carbocycles. The number of amides is 1. The highest BCUT2D eigenvalue weighted by molar-refractivity contribution is 7.15. The molecular weight excluding hydrogens is 334 g/mol. The Hall–Kier alpha value is -1.98. The molecule has 25 heavy (non-hydrogen) atoms. The number of ketones is 1. The lowest BCUT2D eigenvalue weighted by atomic mass is 10.1. The number of carbonyl (C=O) groups is 2. The van der Waals surface area contributed by atoms with Gasteiger partial charge in [-0.25, -0.2) is 0 Å². The molecule has 0 unspecified atom stereocenters. The summed E-state index contributed by atoms with van der Waals surface area (Å²) in [6.45, 7) is 3.34. The number of hydrogen-bond acceptors (Lipinski definition) is 4. The van der Waals surface area contributed by atoms with E-state index in [-0.39, 0.29) is 17.8 Å². The van der Waals surface area contributed by atoms with Crippen LogP contribution >= 0.6 is 11.3 Å². The van der Waals surface area contributed by atoms with E-state index in [2.05, 4.69) is 24.3 Å². The van der Waals surface area contributed by atoms with Crippen LogP contribution in [0.4, 0.5) is 0 Å². The largest absolute Gasteiger partial charge is 0.375 e. The van der Waals surface area contributed by atoms with E-state index in [1.54, 1.807) is 12.1 Å². The fourth-order valence-electron chi connectivity index (χ4n) is 3.05. The second kappa shape index (κ2) is 8.41. The number of aryl methyl sites for hydroxylation is 1. The highest BCUT2D eigenvalue weighted by atomic mass is 32.1. The SMILES string of the molecule is CC(=O)c1ccc(C(=O)N2CCO[C@H](CCCc3ccccc3)C2)s1. The summed E-state index contributed by atoms with van der Waals surface area (Å²) in [6, 6.07) is 13.9. The van der Waals surface area contributed by atoms with Crippen LogP contribution in [0.2, 0.25) is 0 Å². The Kier molecular flexibility index (Phi) is 6.00. The maximum atomic E-state index is 12.6. The lowest BCUT2D eigenvalue weighted by Crippen LogP contribution is -2.45. The minimum Gasteiger partial charge on any atom is -0.375 e. The first kappa shape index (κ1) is 17.8. The average Bonchev–Trinajstić information content (AvgIpc) is 3.13. The van der Waals surface area contributed by atoms with Gasteiger partial charge in [-0.05, 0) is 43.9 Å². The Morgan fingerprint density at radius 2 is 1.92 bits per heavy atom. The number of rotatable bonds is 6. The van der Waals surface area contributed by atoms with Gasteiger partial charge in [0.2, 0.25) is 0 Å². The zero-order valence-electron chi connectivity index (χ0n) is 14.4. The molecule has 1 aliphatic rings. The molecule has 0 N–H and O–H groups in total. The third-order valence-electron chi connectivity index (χ3n) is 4.42. The first-order chi connectivity index (χ1) is 12.1. The molecule has 1 fully saturated rings. The van der Waals surface area contributed by atoms with Crippen molar-refractivity contribution in [1.29, 1.82) is 0 Å². The maximum Gasteiger partial charge on any atom is 0.264 e. The molecule has 0 bridgehead atoms. The zero-order chi connectivity index (χ0) is 17.6. The number of hydrogen-bond donors (Lipinski definition) is 0. The summed E-state index contributed by atoms with van der Waals surface area (Å²) in [7, 11) is 0. The van der Waals surface area contributed by atoms with E-state index >= 15 is 0 Å². The number of ether oxygens (including phenoxy) is 1. The molecule has 1 aromatic heterocycles. The molecule has 0 saturated carbocycles. The summed E-state index contributed by atoms with van der Waals surface area (Å²) < 4.78 is 5.83. The monoisotopic (exact) mass is 357 g/mol. The number of carbonyl (C=O) groups excluding carboxylic acids is 2. The van der Waals surface area contributed by atoms with Gasteiger partial charge in [0.05, 0.1) is 22.5 Å². The fourth-order valence-corrected chi connectivity index (χ4v) is 3.92. The van der Waals surface area contributed by atoms with Crippen molar-refractivity contribution < 1.29 is 14.3 Å². The Labute approximate surface area is 152 Å². The van der Waals surface area contributed by atoms with Gasteiger partial charge in [-0.1, -0.05) is 30.3 Å². The lowest BCUT2D eigenvalue weighted by molar-refractivity contribution is -0.0253. The van der Waals surface area contributed by atoms with E-state index in [0.29, 0.717) is 29.5 Å². The highest BCUT2D eigenvalue weighted by Crippen LogP contribution is 2.21. The molecular formula is C20H23NO3S. The second-order valence-corrected chi connectivity index (χ2v) is 7.43. The minimum absolute atomic E-state index is 0.00446. The minimum atomic E-state index is 0.00446. The zero-order valence-corrected chi connectivity index (χ0v) is 15.3. The van der Waals surface area contributed by atoms with Crippen LogP contribution in [-0.2, 0) is 11.2 Å². The van der Waals surface area contributed by atoms with Crippen molar-refractivity contribution in [2.45, 2.75) is 32.3 Å². The Morgan fingerprint density at radius 3 is 2.64 bits per heavy atom. The van der Waals surface area contributed by atoms with Gasteiger partial charge >= 0.3 is 0 Å². The van der Waals surface area contributed by atoms with Crippen molar-refractivity contribution in [2.24, 2.45) is 0 Å². The average molecular weight is 357 g/mol. The van der Waals surface area contributed by atoms with Crippen molar-refractivity contribution in [1.82, 2.24) is 4.90 Å². The highest BCUT2D eigenvalue weighted by Gasteiger charge is 2.26. The summed E-state index contributed by atoms with van der Waals surface area (Å²) in [5.74, 6) is 0.0127. The molecule has 0 radical (unpaired) electrons. The smallest absolute Gasteiger partial charge is 0.264 e. The van der Waals surface area contributed by atoms with E-state index in [9.17, 15) is 9.59 Å². The van der Waals surface area contributed by atoms with Gasteiger partial charge in [-0.3, -0.25) is 9.59 Å². The molecule has 1 atom stereocenters. The van der Waals surface area contributed by atoms with Crippen LogP contribution in [0.5, 0.6) is 0 Å². The summed E-state index contributed by atoms with van der Waals surface area (Å²) >= 11 is 1.28. The van der Waals surface area contributed by atoms with Crippen LogP contribution in [-0.4, -0.2) is 42.4 Å². The van der Waals surface area contributed by atoms with Gasteiger partial charge in [0.1, 0.15) is 0 Å². The predicted octanol–water partition coefficient (Wildman–Crippen LogP) is 3.81. The third-order valence-corrected chi connectivity index (χ3v) is 5.60. The normalized spacial score (nSPS) is 17.5. The van der Waals surface area contributed by atoms with Gasteiger partial charge in [0, 0.05) is 13.1 Å². The Bertz CT molecular complexity index is 726. The van der Waals surface area contributed by atoms with Crippen LogP contribution in [0, 0.1) is 0 Å². The summed E-state index contributed by atoms with van der Waals surface area (Å²) in [4.78, 5) is 27.2. The maximum absolute atomic E-state index is 12.6. The first-order valence-corrected chi connectivity index (χ1v) is 9.50. The van der Waals surface area contributed by atoms with E-state index in [1.165, 1.54) is 23.8 Å². The summed E-state index contributed by atoms with van der Waals surface area (Å²) in [5.41, 5.74) is 1.33. The molecule has 0 spiro atoms. The topological polar surface area (TPSA) is 46.6 Å². The van der Waals surface area contributed by atoms with E-state index in [4.69, 9.17) is 4.74 Å². The van der Waals surface area contributed by atoms with Gasteiger partial charge in [0.25, 0.3) is 5.91 Å². The molecule has 132 valence electrons. The van der Waals surface area contributed by atoms with Crippen LogP contribution < -0.4 is 0 Å². The van der Waals surface area contributed by atoms with Gasteiger partial charge in [0.15, 0.2) is 5.78 Å². The van der Waals surface area contributed by atoms with Crippen molar-refractivity contribution >= 4 is 23.0 Å². The molecule has 2 heterocycles. The second-order valence-electron chi connectivity index (χ2n) is 6.34. The third kappa shape index (κ3) is 4.77. The molecule has 0 aliphatic carbocycles. The molecule has 1 saturated heterocycles. The summed E-state index contributed by atoms with van der Waals surface area (Å²) in [5, 5.41) is 0. The number of morpholine rings is 1. The quantitative estimate of drug-likeness (QED) is 0.739. The van der Waals surface area contributed by atoms with Crippen LogP contribution in [0.1, 0.15) is 44.7 Å². The van der Waals surface area contributed by atoms with Crippen LogP contribution in [0.25, 0.3) is 0 Å². The molecule has 3 rings (SSSR count). The summed E-state index contributed by atoms with van der Waals surface area (Å²) in [6.07, 6.45) is 3.11. The van der Waals surface area contributed by atoms with Crippen LogP contribution in [0.15, 0.2) is 42.5 Å². The van der Waals surface area contributed by atoms with Gasteiger partial charge in [-0.15, -0.1) is 11.3 Å². The molecule has 5 heteroatoms. The van der Waals surface area contributed by atoms with E-state index in [0.717, 1.165) is 19.3 Å². The number of benzene rings is 1. The molecule has 1 aliphatic heterocycles. The van der Waals surface area contributed by atoms with Crippen molar-refractivity contribution in [2.75, 3.05) is 19.7 Å². The number of Topliss-reactive ketones (excluding diaryl/α,β-unsaturated/α-hetero) is 1. The van der Waals surface area contributed by atoms with Crippen molar-refractivity contribution in [3.05, 3.63) is 57.8 Å². The first-order valence-electron chi connectivity index (χ1n) is 8.69. The van der Waals surface area contributed by atoms with Crippen molar-refractivity contribution in [3.8, 4) is 0 Å². The standard InChI is InChI=1S/C20H23NO3S/c1-15(22)18-10-11-19(25-18)20(23)21-12-13-24-17(14-21)9-5-8-16-6-3-2-4-7-16/h2-4,6-7,10-11,17H,5,8-9,12-14H2,1H3/t17-/m1/s1. The molecule has 2 aromatic rings. The number of nitrogens with zero attached hydrogens (tertiary/aromatic N) is 1. The van der Waals surface area contributed by atoms with Gasteiger partial charge in [-0.2, -0.15) is 0 Å². The van der Waals surface area contributed by atoms with E-state index < -0.39 is 0 Å². The van der Waals surface area contributed by atoms with Crippen LogP contribution in [0.3, 0.4) is 0 Å². The van der Waals surface area contributed by atoms with Crippen molar-refractivity contribution in [3.63, 3.8) is 0 Å². The fraction of sp³-hybridized carbons (Fsp3) is 0.400. The van der Waals surface area contributed by atoms with Gasteiger partial charge < -0.3 is 9.64 Å². The molecule has 1 amide bonds. The predicted molar refractivity (Wildman–Crippen MR) is 99.3 cm³/mol. The van der Waals surface area contributed by atoms with E-state index in [1.807, 2.05) is 11.0 Å².